The van der Waals surface area contributed by atoms with Crippen LogP contribution in [0.25, 0.3) is 10.1 Å². The molecule has 1 aromatic heterocycles. The lowest BCUT2D eigenvalue weighted by Crippen LogP contribution is -2.27. The minimum atomic E-state index is -4.52. The summed E-state index contributed by atoms with van der Waals surface area (Å²) in [4.78, 5) is 13.0. The predicted molar refractivity (Wildman–Crippen MR) is 135 cm³/mol. The molecule has 0 atom stereocenters. The Morgan fingerprint density at radius 2 is 1.78 bits per heavy atom. The van der Waals surface area contributed by atoms with Crippen LogP contribution < -0.4 is 14.4 Å². The molecule has 4 rings (SSSR count). The number of aryl methyl sites for hydroxylation is 1. The third-order valence-corrected chi connectivity index (χ3v) is 8.41. The zero-order valence-corrected chi connectivity index (χ0v) is 21.0. The van der Waals surface area contributed by atoms with Gasteiger partial charge >= 0.3 is 6.18 Å². The van der Waals surface area contributed by atoms with Crippen LogP contribution in [0.3, 0.4) is 0 Å². The van der Waals surface area contributed by atoms with Crippen molar-refractivity contribution in [3.8, 4) is 5.75 Å². The Morgan fingerprint density at radius 1 is 1.03 bits per heavy atom. The van der Waals surface area contributed by atoms with Gasteiger partial charge < -0.3 is 10.1 Å². The molecule has 0 aliphatic rings. The summed E-state index contributed by atoms with van der Waals surface area (Å²) in [6.45, 7) is 1.78. The van der Waals surface area contributed by atoms with Crippen molar-refractivity contribution in [2.75, 3.05) is 23.8 Å². The van der Waals surface area contributed by atoms with E-state index in [9.17, 15) is 26.4 Å². The van der Waals surface area contributed by atoms with Gasteiger partial charge in [-0.15, -0.1) is 11.3 Å². The average molecular weight is 535 g/mol. The Hall–Kier alpha value is -3.57. The fraction of sp³-hybridized carbons (Fsp3) is 0.160. The lowest BCUT2D eigenvalue weighted by Gasteiger charge is -2.21. The second-order valence-electron chi connectivity index (χ2n) is 7.99. The third-order valence-electron chi connectivity index (χ3n) is 5.49. The molecule has 0 spiro atoms. The van der Waals surface area contributed by atoms with E-state index in [0.717, 1.165) is 33.3 Å². The smallest absolute Gasteiger partial charge is 0.416 e. The number of ether oxygens (including phenoxy) is 1. The minimum absolute atomic E-state index is 0.0194. The van der Waals surface area contributed by atoms with Gasteiger partial charge in [0.05, 0.1) is 23.2 Å². The first-order valence-corrected chi connectivity index (χ1v) is 12.8. The lowest BCUT2D eigenvalue weighted by molar-refractivity contribution is -0.137. The van der Waals surface area contributed by atoms with Crippen molar-refractivity contribution in [3.63, 3.8) is 0 Å². The molecule has 36 heavy (non-hydrogen) atoms. The van der Waals surface area contributed by atoms with Gasteiger partial charge in [-0.1, -0.05) is 12.1 Å². The van der Waals surface area contributed by atoms with E-state index < -0.39 is 27.7 Å². The molecule has 4 aromatic rings. The van der Waals surface area contributed by atoms with Crippen LogP contribution in [0.15, 0.2) is 71.6 Å². The quantitative estimate of drug-likeness (QED) is 0.314. The van der Waals surface area contributed by atoms with Crippen molar-refractivity contribution < 1.29 is 31.1 Å². The first kappa shape index (κ1) is 25.5. The number of alkyl halides is 3. The lowest BCUT2D eigenvalue weighted by atomic mass is 10.2. The van der Waals surface area contributed by atoms with Gasteiger partial charge in [0.2, 0.25) is 0 Å². The van der Waals surface area contributed by atoms with E-state index in [1.165, 1.54) is 32.4 Å². The molecule has 188 valence electrons. The summed E-state index contributed by atoms with van der Waals surface area (Å²) < 4.78 is 72.6. The van der Waals surface area contributed by atoms with Gasteiger partial charge in [-0.2, -0.15) is 13.2 Å². The molecule has 0 radical (unpaired) electrons. The van der Waals surface area contributed by atoms with E-state index in [1.807, 2.05) is 0 Å². The van der Waals surface area contributed by atoms with Crippen molar-refractivity contribution in [1.29, 1.82) is 0 Å². The van der Waals surface area contributed by atoms with Crippen molar-refractivity contribution >= 4 is 48.7 Å². The van der Waals surface area contributed by atoms with E-state index in [-0.39, 0.29) is 21.2 Å². The van der Waals surface area contributed by atoms with Gasteiger partial charge in [-0.25, -0.2) is 8.42 Å². The maximum absolute atomic E-state index is 13.3. The molecular weight excluding hydrogens is 513 g/mol. The van der Waals surface area contributed by atoms with Crippen LogP contribution in [0.2, 0.25) is 0 Å². The third kappa shape index (κ3) is 5.02. The minimum Gasteiger partial charge on any atom is -0.495 e. The van der Waals surface area contributed by atoms with E-state index in [0.29, 0.717) is 15.8 Å². The number of thiophene rings is 1. The summed E-state index contributed by atoms with van der Waals surface area (Å²) in [5.41, 5.74) is 0.280. The van der Waals surface area contributed by atoms with Crippen LogP contribution in [0, 0.1) is 6.92 Å². The molecule has 11 heteroatoms. The molecule has 3 aromatic carbocycles. The number of sulfonamides is 1. The highest BCUT2D eigenvalue weighted by Gasteiger charge is 2.30. The van der Waals surface area contributed by atoms with Gasteiger partial charge in [0.25, 0.3) is 15.9 Å². The van der Waals surface area contributed by atoms with Gasteiger partial charge in [0.1, 0.15) is 10.6 Å². The number of carbonyl (C=O) groups is 1. The molecule has 1 N–H and O–H groups in total. The summed E-state index contributed by atoms with van der Waals surface area (Å²) >= 11 is 1.14. The zero-order valence-electron chi connectivity index (χ0n) is 19.4. The van der Waals surface area contributed by atoms with Crippen molar-refractivity contribution in [3.05, 3.63) is 82.7 Å². The molecule has 0 fully saturated rings. The number of hydrogen-bond acceptors (Lipinski definition) is 5. The van der Waals surface area contributed by atoms with Gasteiger partial charge in [0.15, 0.2) is 0 Å². The largest absolute Gasteiger partial charge is 0.495 e. The van der Waals surface area contributed by atoms with Crippen LogP contribution in [0.1, 0.15) is 20.8 Å². The molecule has 0 bridgehead atoms. The Balaban J connectivity index is 1.62. The molecule has 1 amide bonds. The van der Waals surface area contributed by atoms with Gasteiger partial charge in [-0.3, -0.25) is 9.10 Å². The number of rotatable bonds is 6. The number of amides is 1. The standard InChI is InChI=1S/C25H21F3N2O4S2/c1-15-7-9-20(34-3)23(11-15)36(32,33)30(2)19-8-10-21-16(12-19)13-22(35-21)24(31)29-18-6-4-5-17(14-18)25(26,27)28/h4-14H,1-3H3,(H,29,31). The maximum atomic E-state index is 13.3. The monoisotopic (exact) mass is 534 g/mol. The SMILES string of the molecule is COc1ccc(C)cc1S(=O)(=O)N(C)c1ccc2sc(C(=O)Nc3cccc(C(F)(F)F)c3)cc2c1. The molecular formula is C25H21F3N2O4S2. The molecule has 1 heterocycles. The fourth-order valence-electron chi connectivity index (χ4n) is 3.58. The summed E-state index contributed by atoms with van der Waals surface area (Å²) in [6.07, 6.45) is -4.52. The maximum Gasteiger partial charge on any atom is 0.416 e. The van der Waals surface area contributed by atoms with Crippen LogP contribution in [-0.4, -0.2) is 28.5 Å². The first-order valence-electron chi connectivity index (χ1n) is 10.6. The Kier molecular flexibility index (Phi) is 6.72. The molecule has 6 nitrogen and oxygen atoms in total. The van der Waals surface area contributed by atoms with Crippen molar-refractivity contribution in [2.24, 2.45) is 0 Å². The highest BCUT2D eigenvalue weighted by atomic mass is 32.2. The van der Waals surface area contributed by atoms with Crippen LogP contribution >= 0.6 is 11.3 Å². The number of anilines is 2. The number of benzene rings is 3. The topological polar surface area (TPSA) is 75.7 Å². The van der Waals surface area contributed by atoms with E-state index in [2.05, 4.69) is 5.32 Å². The number of carbonyl (C=O) groups excluding carboxylic acids is 1. The second-order valence-corrected chi connectivity index (χ2v) is 11.0. The van der Waals surface area contributed by atoms with E-state index in [4.69, 9.17) is 4.74 Å². The first-order chi connectivity index (χ1) is 16.9. The molecule has 0 unspecified atom stereocenters. The summed E-state index contributed by atoms with van der Waals surface area (Å²) in [5, 5.41) is 3.10. The Labute approximate surface area is 210 Å². The average Bonchev–Trinajstić information content (AvgIpc) is 3.27. The summed E-state index contributed by atoms with van der Waals surface area (Å²) in [6, 6.07) is 15.8. The van der Waals surface area contributed by atoms with Gasteiger partial charge in [0, 0.05) is 17.4 Å². The highest BCUT2D eigenvalue weighted by molar-refractivity contribution is 7.93. The molecule has 0 saturated heterocycles. The van der Waals surface area contributed by atoms with E-state index >= 15 is 0 Å². The number of fused-ring (bicyclic) bond motifs is 1. The van der Waals surface area contributed by atoms with E-state index in [1.54, 1.807) is 43.3 Å². The van der Waals surface area contributed by atoms with Crippen molar-refractivity contribution in [2.45, 2.75) is 18.0 Å². The summed E-state index contributed by atoms with van der Waals surface area (Å²) in [7, 11) is -1.13. The number of methoxy groups -OCH3 is 1. The van der Waals surface area contributed by atoms with Crippen molar-refractivity contribution in [1.82, 2.24) is 0 Å². The van der Waals surface area contributed by atoms with Crippen LogP contribution in [0.5, 0.6) is 5.75 Å². The van der Waals surface area contributed by atoms with Gasteiger partial charge in [-0.05, 0) is 72.5 Å². The molecule has 0 aliphatic heterocycles. The molecule has 0 aliphatic carbocycles. The van der Waals surface area contributed by atoms with Crippen LogP contribution in [-0.2, 0) is 16.2 Å². The normalized spacial score (nSPS) is 11.9. The summed E-state index contributed by atoms with van der Waals surface area (Å²) in [5.74, 6) is -0.347. The highest BCUT2D eigenvalue weighted by Crippen LogP contribution is 2.34. The predicted octanol–water partition coefficient (Wildman–Crippen LogP) is 6.31. The number of nitrogens with one attached hydrogen (secondary N) is 1. The number of hydrogen-bond donors (Lipinski definition) is 1. The number of halogens is 3. The second kappa shape index (κ2) is 9.47. The number of nitrogens with zero attached hydrogens (tertiary/aromatic N) is 1. The molecule has 0 saturated carbocycles. The van der Waals surface area contributed by atoms with Crippen LogP contribution in [0.4, 0.5) is 24.5 Å². The zero-order chi connectivity index (χ0) is 26.3. The fourth-order valence-corrected chi connectivity index (χ4v) is 5.94. The Bertz CT molecular complexity index is 1560. The Morgan fingerprint density at radius 3 is 2.47 bits per heavy atom.